The molecule has 12 nitrogen and oxygen atoms in total. The Kier molecular flexibility index (Phi) is 9.47. The number of sulfonamides is 2. The maximum Gasteiger partial charge on any atom is 0.268 e. The molecule has 0 saturated heterocycles. The van der Waals surface area contributed by atoms with Gasteiger partial charge in [0.2, 0.25) is 0 Å². The second-order valence-electron chi connectivity index (χ2n) is 9.78. The Morgan fingerprint density at radius 1 is 0.854 bits per heavy atom. The summed E-state index contributed by atoms with van der Waals surface area (Å²) in [4.78, 5) is 23.6. The van der Waals surface area contributed by atoms with E-state index in [1.165, 1.54) is 63.9 Å². The molecule has 246 valence electrons. The second kappa shape index (κ2) is 13.7. The Balaban J connectivity index is 0.000000189. The first-order valence-electron chi connectivity index (χ1n) is 13.6. The largest absolute Gasteiger partial charge is 0.484 e. The van der Waals surface area contributed by atoms with Gasteiger partial charge in [0.25, 0.3) is 26.0 Å². The lowest BCUT2D eigenvalue weighted by atomic mass is 10.2. The van der Waals surface area contributed by atoms with Gasteiger partial charge < -0.3 is 9.72 Å². The van der Waals surface area contributed by atoms with E-state index in [9.17, 15) is 26.0 Å². The van der Waals surface area contributed by atoms with Gasteiger partial charge in [0, 0.05) is 57.9 Å². The number of nitrogens with zero attached hydrogens (tertiary/aromatic N) is 3. The Morgan fingerprint density at radius 2 is 1.50 bits per heavy atom. The average molecular weight is 745 g/mol. The van der Waals surface area contributed by atoms with Crippen LogP contribution in [0.4, 0.5) is 14.7 Å². The van der Waals surface area contributed by atoms with Crippen molar-refractivity contribution in [3.63, 3.8) is 0 Å². The number of thiazole rings is 2. The summed E-state index contributed by atoms with van der Waals surface area (Å²) in [6.45, 7) is -0.308. The number of anilines is 2. The lowest BCUT2D eigenvalue weighted by Crippen LogP contribution is -2.18. The van der Waals surface area contributed by atoms with E-state index in [-0.39, 0.29) is 38.2 Å². The number of carbonyl (C=O) groups excluding carboxylic acids is 1. The smallest absolute Gasteiger partial charge is 0.268 e. The zero-order chi connectivity index (χ0) is 33.9. The molecule has 0 aliphatic carbocycles. The maximum atomic E-state index is 13.2. The Bertz CT molecular complexity index is 2450. The highest BCUT2D eigenvalue weighted by atomic mass is 35.5. The molecule has 0 aliphatic heterocycles. The number of carbonyl (C=O) groups is 1. The van der Waals surface area contributed by atoms with Crippen LogP contribution in [0.3, 0.4) is 0 Å². The van der Waals surface area contributed by atoms with Crippen molar-refractivity contribution in [2.75, 3.05) is 16.1 Å². The average Bonchev–Trinajstić information content (AvgIpc) is 3.89. The van der Waals surface area contributed by atoms with Gasteiger partial charge in [-0.3, -0.25) is 18.8 Å². The molecular formula is C30H22ClFN6O6S4. The van der Waals surface area contributed by atoms with Crippen LogP contribution < -0.4 is 14.2 Å². The fraction of sp³-hybridized carbons (Fsp3) is 0.0333. The van der Waals surface area contributed by atoms with Gasteiger partial charge in [0.05, 0.1) is 20.3 Å². The molecule has 0 unspecified atom stereocenters. The van der Waals surface area contributed by atoms with Gasteiger partial charge in [-0.1, -0.05) is 11.6 Å². The maximum absolute atomic E-state index is 13.2. The second-order valence-corrected chi connectivity index (χ2v) is 15.3. The van der Waals surface area contributed by atoms with E-state index < -0.39 is 25.9 Å². The molecule has 0 fully saturated rings. The predicted molar refractivity (Wildman–Crippen MR) is 184 cm³/mol. The van der Waals surface area contributed by atoms with Crippen LogP contribution in [0.25, 0.3) is 21.8 Å². The van der Waals surface area contributed by atoms with E-state index in [1.54, 1.807) is 53.5 Å². The van der Waals surface area contributed by atoms with Crippen molar-refractivity contribution in [2.24, 2.45) is 0 Å². The zero-order valence-corrected chi connectivity index (χ0v) is 28.2. The molecule has 7 rings (SSSR count). The molecule has 7 aromatic rings. The van der Waals surface area contributed by atoms with Crippen molar-refractivity contribution in [3.8, 4) is 5.75 Å². The highest BCUT2D eigenvalue weighted by Crippen LogP contribution is 2.25. The van der Waals surface area contributed by atoms with Crippen molar-refractivity contribution in [2.45, 2.75) is 9.79 Å². The minimum atomic E-state index is -3.80. The third kappa shape index (κ3) is 7.50. The first kappa shape index (κ1) is 33.1. The molecule has 0 radical (unpaired) electrons. The van der Waals surface area contributed by atoms with Crippen molar-refractivity contribution < 1.29 is 30.8 Å². The van der Waals surface area contributed by atoms with Gasteiger partial charge in [0.15, 0.2) is 16.9 Å². The Labute approximate surface area is 285 Å². The van der Waals surface area contributed by atoms with Gasteiger partial charge in [0.1, 0.15) is 11.6 Å². The van der Waals surface area contributed by atoms with Gasteiger partial charge in [-0.25, -0.2) is 31.2 Å². The summed E-state index contributed by atoms with van der Waals surface area (Å²) >= 11 is 8.11. The molecule has 0 aliphatic rings. The minimum absolute atomic E-state index is 0.0487. The number of H-pyrrole nitrogens is 1. The fourth-order valence-electron chi connectivity index (χ4n) is 4.38. The molecule has 4 aromatic heterocycles. The number of hydrogen-bond acceptors (Lipinski definition) is 10. The van der Waals surface area contributed by atoms with Crippen LogP contribution in [0.2, 0.25) is 5.02 Å². The number of halogens is 2. The summed E-state index contributed by atoms with van der Waals surface area (Å²) in [5, 5.41) is 5.32. The van der Waals surface area contributed by atoms with Crippen molar-refractivity contribution in [3.05, 3.63) is 113 Å². The molecule has 0 saturated carbocycles. The summed E-state index contributed by atoms with van der Waals surface area (Å²) < 4.78 is 74.0. The highest BCUT2D eigenvalue weighted by molar-refractivity contribution is 7.93. The van der Waals surface area contributed by atoms with Crippen LogP contribution in [-0.2, 0) is 20.0 Å². The summed E-state index contributed by atoms with van der Waals surface area (Å²) in [7, 11) is -7.37. The molecule has 48 heavy (non-hydrogen) atoms. The van der Waals surface area contributed by atoms with E-state index in [0.717, 1.165) is 17.0 Å². The SMILES string of the molecule is O=C(COc1ccc(F)c(Cl)c1)n1ccc2cc(S(=O)(=O)Nc3nccs3)ccc21.O=S(=O)(Nc1nccs1)c1ccc2[nH]ccc2c1. The number of aromatic amines is 1. The van der Waals surface area contributed by atoms with Crippen LogP contribution in [0.15, 0.2) is 112 Å². The first-order chi connectivity index (χ1) is 23.0. The van der Waals surface area contributed by atoms with Gasteiger partial charge in [-0.05, 0) is 60.7 Å². The van der Waals surface area contributed by atoms with E-state index in [4.69, 9.17) is 16.3 Å². The molecule has 0 bridgehead atoms. The molecule has 18 heteroatoms. The molecule has 0 amide bonds. The summed E-state index contributed by atoms with van der Waals surface area (Å²) in [5.74, 6) is -0.711. The van der Waals surface area contributed by atoms with Crippen molar-refractivity contribution >= 4 is 92.3 Å². The minimum Gasteiger partial charge on any atom is -0.484 e. The summed E-state index contributed by atoms with van der Waals surface area (Å²) in [6, 6.07) is 16.6. The third-order valence-corrected chi connectivity index (χ3v) is 11.2. The van der Waals surface area contributed by atoms with Crippen molar-refractivity contribution in [1.82, 2.24) is 19.5 Å². The molecule has 0 spiro atoms. The number of hydrogen-bond donors (Lipinski definition) is 3. The van der Waals surface area contributed by atoms with Gasteiger partial charge in [-0.15, -0.1) is 22.7 Å². The number of rotatable bonds is 9. The molecule has 4 heterocycles. The van der Waals surface area contributed by atoms with E-state index in [2.05, 4.69) is 24.4 Å². The molecule has 3 N–H and O–H groups in total. The van der Waals surface area contributed by atoms with E-state index in [1.807, 2.05) is 6.07 Å². The van der Waals surface area contributed by atoms with Crippen molar-refractivity contribution in [1.29, 1.82) is 0 Å². The summed E-state index contributed by atoms with van der Waals surface area (Å²) in [5.41, 5.74) is 1.43. The van der Waals surface area contributed by atoms with Gasteiger partial charge in [-0.2, -0.15) is 0 Å². The third-order valence-electron chi connectivity index (χ3n) is 6.64. The van der Waals surface area contributed by atoms with E-state index >= 15 is 0 Å². The number of nitrogens with one attached hydrogen (secondary N) is 3. The number of fused-ring (bicyclic) bond motifs is 2. The molecule has 3 aromatic carbocycles. The predicted octanol–water partition coefficient (Wildman–Crippen LogP) is 6.84. The normalized spacial score (nSPS) is 11.6. The zero-order valence-electron chi connectivity index (χ0n) is 24.2. The lowest BCUT2D eigenvalue weighted by molar-refractivity contribution is 0.0843. The monoisotopic (exact) mass is 744 g/mol. The van der Waals surface area contributed by atoms with Crippen LogP contribution in [0.5, 0.6) is 5.75 Å². The molecule has 0 atom stereocenters. The topological polar surface area (TPSA) is 165 Å². The molecular weight excluding hydrogens is 723 g/mol. The standard InChI is InChI=1S/C19H13ClFN3O4S2.C11H9N3O2S2/c20-15-10-13(1-3-16(15)21)28-11-18(25)24-7-5-12-9-14(2-4-17(12)24)30(26,27)23-19-22-6-8-29-19;15-18(16,14-11-13-5-6-17-11)9-1-2-10-8(7-9)3-4-12-10/h1-10H,11H2,(H,22,23);1-7,12H,(H,13,14). The Hall–Kier alpha value is -4.81. The van der Waals surface area contributed by atoms with E-state index in [0.29, 0.717) is 16.0 Å². The van der Waals surface area contributed by atoms with Crippen LogP contribution in [0, 0.1) is 5.82 Å². The van der Waals surface area contributed by atoms with Crippen LogP contribution >= 0.6 is 34.3 Å². The quantitative estimate of drug-likeness (QED) is 0.145. The van der Waals surface area contributed by atoms with Crippen LogP contribution in [0.1, 0.15) is 4.79 Å². The Morgan fingerprint density at radius 3 is 2.12 bits per heavy atom. The van der Waals surface area contributed by atoms with Gasteiger partial charge >= 0.3 is 0 Å². The number of benzene rings is 3. The fourth-order valence-corrected chi connectivity index (χ4v) is 8.20. The first-order valence-corrected chi connectivity index (χ1v) is 18.7. The lowest BCUT2D eigenvalue weighted by Gasteiger charge is -2.09. The number of ether oxygens (including phenoxy) is 1. The highest BCUT2D eigenvalue weighted by Gasteiger charge is 2.19. The summed E-state index contributed by atoms with van der Waals surface area (Å²) in [6.07, 6.45) is 6.35. The number of aromatic nitrogens is 4. The van der Waals surface area contributed by atoms with Crippen LogP contribution in [-0.4, -0.2) is 48.9 Å².